The lowest BCUT2D eigenvalue weighted by atomic mass is 9.85. The first-order valence-corrected chi connectivity index (χ1v) is 10.7. The minimum atomic E-state index is -0.565. The van der Waals surface area contributed by atoms with E-state index in [-0.39, 0.29) is 17.2 Å². The van der Waals surface area contributed by atoms with Crippen LogP contribution < -0.4 is 0 Å². The van der Waals surface area contributed by atoms with Gasteiger partial charge in [0.1, 0.15) is 23.3 Å². The zero-order valence-electron chi connectivity index (χ0n) is 17.5. The van der Waals surface area contributed by atoms with E-state index in [1.54, 1.807) is 18.2 Å². The molecule has 0 heterocycles. The number of rotatable bonds is 6. The standard InChI is InChI=1S/C27H24F4/c1-2-3-4-5-17-14-24(29)26(25(30)15-17)20-9-13-23-19(16-20)8-12-22(27(23)31)18-6-10-21(28)11-7-18/h6-8,10-12,14-16H,2-5,9,13H2,1H3. The van der Waals surface area contributed by atoms with Crippen LogP contribution in [0.3, 0.4) is 0 Å². The number of hydrogen-bond acceptors (Lipinski definition) is 0. The molecule has 0 spiro atoms. The maximum Gasteiger partial charge on any atom is 0.134 e. The molecular weight excluding hydrogens is 400 g/mol. The van der Waals surface area contributed by atoms with Crippen LogP contribution in [0.5, 0.6) is 0 Å². The summed E-state index contributed by atoms with van der Waals surface area (Å²) in [5.41, 5.74) is 3.30. The monoisotopic (exact) mass is 424 g/mol. The Morgan fingerprint density at radius 1 is 0.806 bits per heavy atom. The second-order valence-electron chi connectivity index (χ2n) is 8.06. The highest BCUT2D eigenvalue weighted by Crippen LogP contribution is 2.37. The first-order chi connectivity index (χ1) is 15.0. The molecule has 4 heteroatoms. The summed E-state index contributed by atoms with van der Waals surface area (Å²) in [5.74, 6) is -1.88. The van der Waals surface area contributed by atoms with Gasteiger partial charge in [0.15, 0.2) is 0 Å². The summed E-state index contributed by atoms with van der Waals surface area (Å²) in [6, 6.07) is 11.9. The molecule has 31 heavy (non-hydrogen) atoms. The van der Waals surface area contributed by atoms with Gasteiger partial charge in [0.2, 0.25) is 0 Å². The van der Waals surface area contributed by atoms with E-state index in [4.69, 9.17) is 0 Å². The van der Waals surface area contributed by atoms with Crippen LogP contribution in [0.25, 0.3) is 22.8 Å². The Kier molecular flexibility index (Phi) is 6.26. The fourth-order valence-electron chi connectivity index (χ4n) is 4.25. The molecular formula is C27H24F4. The van der Waals surface area contributed by atoms with Crippen LogP contribution in [0.2, 0.25) is 0 Å². The predicted molar refractivity (Wildman–Crippen MR) is 118 cm³/mol. The van der Waals surface area contributed by atoms with Crippen LogP contribution in [0.1, 0.15) is 54.9 Å². The summed E-state index contributed by atoms with van der Waals surface area (Å²) in [6.45, 7) is 2.09. The van der Waals surface area contributed by atoms with Crippen molar-refractivity contribution in [2.45, 2.75) is 45.4 Å². The van der Waals surface area contributed by atoms with Gasteiger partial charge in [0.05, 0.1) is 0 Å². The van der Waals surface area contributed by atoms with Crippen molar-refractivity contribution in [3.05, 3.63) is 94.1 Å². The summed E-state index contributed by atoms with van der Waals surface area (Å²) in [6.07, 6.45) is 6.00. The first kappa shape index (κ1) is 21.4. The smallest absolute Gasteiger partial charge is 0.134 e. The highest BCUT2D eigenvalue weighted by Gasteiger charge is 2.22. The molecule has 0 fully saturated rings. The molecule has 0 bridgehead atoms. The fourth-order valence-corrected chi connectivity index (χ4v) is 4.25. The third-order valence-corrected chi connectivity index (χ3v) is 5.90. The summed E-state index contributed by atoms with van der Waals surface area (Å²) in [4.78, 5) is 0. The predicted octanol–water partition coefficient (Wildman–Crippen LogP) is 8.13. The molecule has 0 unspecified atom stereocenters. The molecule has 0 aromatic heterocycles. The SMILES string of the molecule is CCCCCc1cc(F)c(C2=Cc3ccc(-c4ccc(F)cc4)c(F)c3CC2)c(F)c1. The van der Waals surface area contributed by atoms with Crippen molar-refractivity contribution >= 4 is 11.6 Å². The highest BCUT2D eigenvalue weighted by molar-refractivity contribution is 5.86. The molecule has 0 amide bonds. The van der Waals surface area contributed by atoms with Gasteiger partial charge >= 0.3 is 0 Å². The summed E-state index contributed by atoms with van der Waals surface area (Å²) in [5, 5.41) is 0. The maximum atomic E-state index is 15.2. The average Bonchev–Trinajstić information content (AvgIpc) is 2.75. The van der Waals surface area contributed by atoms with Gasteiger partial charge in [0.25, 0.3) is 0 Å². The van der Waals surface area contributed by atoms with Gasteiger partial charge in [-0.05, 0) is 77.8 Å². The van der Waals surface area contributed by atoms with E-state index in [1.807, 2.05) is 0 Å². The van der Waals surface area contributed by atoms with Crippen LogP contribution in [0.15, 0.2) is 48.5 Å². The number of benzene rings is 3. The van der Waals surface area contributed by atoms with E-state index in [2.05, 4.69) is 6.92 Å². The number of allylic oxidation sites excluding steroid dienone is 1. The Bertz CT molecular complexity index is 1100. The molecule has 0 nitrogen and oxygen atoms in total. The maximum absolute atomic E-state index is 15.2. The van der Waals surface area contributed by atoms with Gasteiger partial charge in [-0.2, -0.15) is 0 Å². The molecule has 0 saturated carbocycles. The van der Waals surface area contributed by atoms with Gasteiger partial charge < -0.3 is 0 Å². The molecule has 4 rings (SSSR count). The quantitative estimate of drug-likeness (QED) is 0.277. The number of unbranched alkanes of at least 4 members (excludes halogenated alkanes) is 2. The lowest BCUT2D eigenvalue weighted by Gasteiger charge is -2.20. The normalized spacial score (nSPS) is 13.1. The second kappa shape index (κ2) is 9.09. The lowest BCUT2D eigenvalue weighted by Crippen LogP contribution is -2.06. The Hall–Kier alpha value is -2.88. The lowest BCUT2D eigenvalue weighted by molar-refractivity contribution is 0.569. The average molecular weight is 424 g/mol. The Labute approximate surface area is 180 Å². The minimum absolute atomic E-state index is 0.0205. The zero-order valence-corrected chi connectivity index (χ0v) is 17.5. The third-order valence-electron chi connectivity index (χ3n) is 5.90. The van der Waals surface area contributed by atoms with Crippen molar-refractivity contribution in [1.82, 2.24) is 0 Å². The van der Waals surface area contributed by atoms with Crippen molar-refractivity contribution in [2.24, 2.45) is 0 Å². The van der Waals surface area contributed by atoms with Crippen LogP contribution >= 0.6 is 0 Å². The summed E-state index contributed by atoms with van der Waals surface area (Å²) in [7, 11) is 0. The Balaban J connectivity index is 1.66. The number of halogens is 4. The van der Waals surface area contributed by atoms with Crippen LogP contribution in [0.4, 0.5) is 17.6 Å². The van der Waals surface area contributed by atoms with E-state index in [1.165, 1.54) is 36.4 Å². The molecule has 0 N–H and O–H groups in total. The molecule has 3 aromatic carbocycles. The van der Waals surface area contributed by atoms with Crippen LogP contribution in [-0.4, -0.2) is 0 Å². The number of aryl methyl sites for hydroxylation is 1. The summed E-state index contributed by atoms with van der Waals surface area (Å²) >= 11 is 0. The molecule has 160 valence electrons. The van der Waals surface area contributed by atoms with Crippen molar-refractivity contribution in [2.75, 3.05) is 0 Å². The van der Waals surface area contributed by atoms with E-state index >= 15 is 4.39 Å². The van der Waals surface area contributed by atoms with Gasteiger partial charge in [0, 0.05) is 11.1 Å². The first-order valence-electron chi connectivity index (χ1n) is 10.7. The van der Waals surface area contributed by atoms with E-state index < -0.39 is 11.6 Å². The van der Waals surface area contributed by atoms with Crippen molar-refractivity contribution in [1.29, 1.82) is 0 Å². The van der Waals surface area contributed by atoms with Gasteiger partial charge in [-0.15, -0.1) is 0 Å². The van der Waals surface area contributed by atoms with E-state index in [0.29, 0.717) is 52.7 Å². The highest BCUT2D eigenvalue weighted by atomic mass is 19.1. The van der Waals surface area contributed by atoms with Gasteiger partial charge in [-0.3, -0.25) is 0 Å². The minimum Gasteiger partial charge on any atom is -0.207 e. The topological polar surface area (TPSA) is 0 Å². The number of hydrogen-bond donors (Lipinski definition) is 0. The second-order valence-corrected chi connectivity index (χ2v) is 8.06. The molecule has 0 saturated heterocycles. The van der Waals surface area contributed by atoms with Crippen LogP contribution in [-0.2, 0) is 12.8 Å². The molecule has 0 radical (unpaired) electrons. The molecule has 0 aliphatic heterocycles. The van der Waals surface area contributed by atoms with Crippen molar-refractivity contribution in [3.8, 4) is 11.1 Å². The van der Waals surface area contributed by atoms with Gasteiger partial charge in [-0.1, -0.05) is 50.1 Å². The Morgan fingerprint density at radius 3 is 2.19 bits per heavy atom. The van der Waals surface area contributed by atoms with Crippen molar-refractivity contribution in [3.63, 3.8) is 0 Å². The van der Waals surface area contributed by atoms with Crippen molar-refractivity contribution < 1.29 is 17.6 Å². The van der Waals surface area contributed by atoms with E-state index in [0.717, 1.165) is 19.3 Å². The fraction of sp³-hybridized carbons (Fsp3) is 0.259. The Morgan fingerprint density at radius 2 is 1.52 bits per heavy atom. The molecule has 1 aliphatic carbocycles. The number of fused-ring (bicyclic) bond motifs is 1. The van der Waals surface area contributed by atoms with E-state index in [9.17, 15) is 13.2 Å². The van der Waals surface area contributed by atoms with Gasteiger partial charge in [-0.25, -0.2) is 17.6 Å². The largest absolute Gasteiger partial charge is 0.207 e. The molecule has 1 aliphatic rings. The molecule has 3 aromatic rings. The summed E-state index contributed by atoms with van der Waals surface area (Å²) < 4.78 is 57.9. The molecule has 0 atom stereocenters. The van der Waals surface area contributed by atoms with Crippen LogP contribution in [0, 0.1) is 23.3 Å². The zero-order chi connectivity index (χ0) is 22.0. The third kappa shape index (κ3) is 4.43.